The van der Waals surface area contributed by atoms with Crippen molar-refractivity contribution in [1.29, 1.82) is 0 Å². The van der Waals surface area contributed by atoms with Gasteiger partial charge in [0.2, 0.25) is 0 Å². The van der Waals surface area contributed by atoms with E-state index in [0.717, 1.165) is 0 Å². The Hall–Kier alpha value is -1.30. The number of ether oxygens (including phenoxy) is 2. The smallest absolute Gasteiger partial charge is 0.277 e. The summed E-state index contributed by atoms with van der Waals surface area (Å²) in [5.41, 5.74) is 0.633. The first-order valence-corrected chi connectivity index (χ1v) is 6.82. The number of benzene rings is 1. The van der Waals surface area contributed by atoms with E-state index < -0.39 is 4.92 Å². The topological polar surface area (TPSA) is 61.6 Å². The molecule has 98 valence electrons. The van der Waals surface area contributed by atoms with Crippen LogP contribution in [0.1, 0.15) is 18.4 Å². The lowest BCUT2D eigenvalue weighted by atomic mass is 10.2. The summed E-state index contributed by atoms with van der Waals surface area (Å²) in [5, 5.41) is 11.4. The van der Waals surface area contributed by atoms with Crippen molar-refractivity contribution in [3.8, 4) is 11.5 Å². The molecule has 0 unspecified atom stereocenters. The number of alkyl halides is 1. The predicted molar refractivity (Wildman–Crippen MR) is 70.5 cm³/mol. The molecule has 18 heavy (non-hydrogen) atoms. The lowest BCUT2D eigenvalue weighted by molar-refractivity contribution is -0.385. The van der Waals surface area contributed by atoms with Gasteiger partial charge in [-0.05, 0) is 24.8 Å². The van der Waals surface area contributed by atoms with Crippen LogP contribution in [0.2, 0.25) is 0 Å². The molecule has 0 heterocycles. The summed E-state index contributed by atoms with van der Waals surface area (Å²) in [6, 6.07) is 3.09. The van der Waals surface area contributed by atoms with Crippen molar-refractivity contribution in [2.45, 2.75) is 18.2 Å². The number of nitro benzene ring substituents is 1. The predicted octanol–water partition coefficient (Wildman–Crippen LogP) is 3.29. The molecule has 0 N–H and O–H groups in total. The Morgan fingerprint density at radius 2 is 2.17 bits per heavy atom. The SMILES string of the molecule is COc1cc(CBr)c([N+](=O)[O-])cc1OCC1CC1. The van der Waals surface area contributed by atoms with Gasteiger partial charge in [-0.15, -0.1) is 0 Å². The quantitative estimate of drug-likeness (QED) is 0.459. The molecule has 1 aromatic carbocycles. The highest BCUT2D eigenvalue weighted by molar-refractivity contribution is 9.08. The Balaban J connectivity index is 2.29. The molecule has 0 aromatic heterocycles. The fourth-order valence-electron chi connectivity index (χ4n) is 1.63. The summed E-state index contributed by atoms with van der Waals surface area (Å²) < 4.78 is 10.8. The second-order valence-electron chi connectivity index (χ2n) is 4.28. The minimum atomic E-state index is -0.403. The molecule has 1 aliphatic carbocycles. The fraction of sp³-hybridized carbons (Fsp3) is 0.500. The van der Waals surface area contributed by atoms with Crippen LogP contribution >= 0.6 is 15.9 Å². The summed E-state index contributed by atoms with van der Waals surface area (Å²) in [4.78, 5) is 10.6. The number of hydrogen-bond acceptors (Lipinski definition) is 4. The number of nitro groups is 1. The molecule has 6 heteroatoms. The molecule has 2 rings (SSSR count). The molecule has 0 spiro atoms. The van der Waals surface area contributed by atoms with Gasteiger partial charge in [-0.3, -0.25) is 10.1 Å². The zero-order valence-electron chi connectivity index (χ0n) is 10.0. The zero-order valence-corrected chi connectivity index (χ0v) is 11.6. The van der Waals surface area contributed by atoms with Gasteiger partial charge in [0.05, 0.1) is 24.7 Å². The van der Waals surface area contributed by atoms with Crippen molar-refractivity contribution in [2.24, 2.45) is 5.92 Å². The molecule has 0 aliphatic heterocycles. The van der Waals surface area contributed by atoms with Gasteiger partial charge >= 0.3 is 0 Å². The van der Waals surface area contributed by atoms with Crippen molar-refractivity contribution in [3.63, 3.8) is 0 Å². The van der Waals surface area contributed by atoms with Crippen molar-refractivity contribution in [2.75, 3.05) is 13.7 Å². The molecule has 0 atom stereocenters. The standard InChI is InChI=1S/C12H14BrNO4/c1-17-11-4-9(6-13)10(14(15)16)5-12(11)18-7-8-2-3-8/h4-5,8H,2-3,6-7H2,1H3. The van der Waals surface area contributed by atoms with Crippen LogP contribution in [0.4, 0.5) is 5.69 Å². The van der Waals surface area contributed by atoms with Gasteiger partial charge in [-0.1, -0.05) is 15.9 Å². The molecule has 1 aromatic rings. The van der Waals surface area contributed by atoms with Crippen LogP contribution < -0.4 is 9.47 Å². The largest absolute Gasteiger partial charge is 0.493 e. The van der Waals surface area contributed by atoms with Gasteiger partial charge in [-0.25, -0.2) is 0 Å². The highest BCUT2D eigenvalue weighted by atomic mass is 79.9. The monoisotopic (exact) mass is 315 g/mol. The van der Waals surface area contributed by atoms with E-state index in [4.69, 9.17) is 9.47 Å². The third-order valence-corrected chi connectivity index (χ3v) is 3.48. The Labute approximate surface area is 113 Å². The maximum atomic E-state index is 11.0. The molecule has 1 aliphatic rings. The maximum Gasteiger partial charge on any atom is 0.277 e. The molecule has 0 bridgehead atoms. The summed E-state index contributed by atoms with van der Waals surface area (Å²) in [5.74, 6) is 1.57. The second-order valence-corrected chi connectivity index (χ2v) is 4.84. The van der Waals surface area contributed by atoms with E-state index in [2.05, 4.69) is 15.9 Å². The number of halogens is 1. The van der Waals surface area contributed by atoms with Crippen molar-refractivity contribution in [1.82, 2.24) is 0 Å². The minimum absolute atomic E-state index is 0.0541. The minimum Gasteiger partial charge on any atom is -0.493 e. The van der Waals surface area contributed by atoms with Gasteiger partial charge in [0.25, 0.3) is 5.69 Å². The van der Waals surface area contributed by atoms with Crippen molar-refractivity contribution >= 4 is 21.6 Å². The fourth-order valence-corrected chi connectivity index (χ4v) is 2.08. The average Bonchev–Trinajstić information content (AvgIpc) is 3.19. The van der Waals surface area contributed by atoms with Gasteiger partial charge in [0.15, 0.2) is 11.5 Å². The lowest BCUT2D eigenvalue weighted by Crippen LogP contribution is -2.03. The Kier molecular flexibility index (Phi) is 4.06. The first-order valence-electron chi connectivity index (χ1n) is 5.69. The zero-order chi connectivity index (χ0) is 13.1. The molecular weight excluding hydrogens is 302 g/mol. The molecule has 1 fully saturated rings. The maximum absolute atomic E-state index is 11.0. The van der Waals surface area contributed by atoms with E-state index >= 15 is 0 Å². The highest BCUT2D eigenvalue weighted by Gasteiger charge is 2.24. The molecular formula is C12H14BrNO4. The van der Waals surface area contributed by atoms with E-state index in [9.17, 15) is 10.1 Å². The van der Waals surface area contributed by atoms with E-state index in [1.807, 2.05) is 0 Å². The van der Waals surface area contributed by atoms with Crippen LogP contribution in [0, 0.1) is 16.0 Å². The van der Waals surface area contributed by atoms with E-state index in [0.29, 0.717) is 34.9 Å². The molecule has 1 saturated carbocycles. The first-order chi connectivity index (χ1) is 8.65. The Bertz CT molecular complexity index is 460. The van der Waals surface area contributed by atoms with Crippen molar-refractivity contribution in [3.05, 3.63) is 27.8 Å². The summed E-state index contributed by atoms with van der Waals surface area (Å²) in [6.45, 7) is 0.598. The van der Waals surface area contributed by atoms with Crippen LogP contribution in [0.3, 0.4) is 0 Å². The Morgan fingerprint density at radius 3 is 2.67 bits per heavy atom. The third-order valence-electron chi connectivity index (χ3n) is 2.88. The van der Waals surface area contributed by atoms with E-state index in [1.54, 1.807) is 6.07 Å². The Morgan fingerprint density at radius 1 is 1.44 bits per heavy atom. The van der Waals surface area contributed by atoms with Gasteiger partial charge < -0.3 is 9.47 Å². The first kappa shape index (κ1) is 13.1. The van der Waals surface area contributed by atoms with Crippen molar-refractivity contribution < 1.29 is 14.4 Å². The van der Waals surface area contributed by atoms with Gasteiger partial charge in [0, 0.05) is 10.9 Å². The van der Waals surface area contributed by atoms with Crippen LogP contribution in [0.25, 0.3) is 0 Å². The van der Waals surface area contributed by atoms with Crippen LogP contribution in [-0.2, 0) is 5.33 Å². The molecule has 5 nitrogen and oxygen atoms in total. The summed E-state index contributed by atoms with van der Waals surface area (Å²) in [7, 11) is 1.53. The molecule has 0 amide bonds. The van der Waals surface area contributed by atoms with Crippen LogP contribution in [0.15, 0.2) is 12.1 Å². The van der Waals surface area contributed by atoms with E-state index in [1.165, 1.54) is 26.0 Å². The number of nitrogens with zero attached hydrogens (tertiary/aromatic N) is 1. The number of hydrogen-bond donors (Lipinski definition) is 0. The summed E-state index contributed by atoms with van der Waals surface area (Å²) in [6.07, 6.45) is 2.34. The summed E-state index contributed by atoms with van der Waals surface area (Å²) >= 11 is 3.24. The normalized spacial score (nSPS) is 14.3. The third kappa shape index (κ3) is 2.93. The number of rotatable bonds is 6. The van der Waals surface area contributed by atoms with Crippen LogP contribution in [-0.4, -0.2) is 18.6 Å². The van der Waals surface area contributed by atoms with Crippen LogP contribution in [0.5, 0.6) is 11.5 Å². The molecule has 0 radical (unpaired) electrons. The number of methoxy groups -OCH3 is 1. The molecule has 0 saturated heterocycles. The highest BCUT2D eigenvalue weighted by Crippen LogP contribution is 2.37. The average molecular weight is 316 g/mol. The van der Waals surface area contributed by atoms with E-state index in [-0.39, 0.29) is 5.69 Å². The lowest BCUT2D eigenvalue weighted by Gasteiger charge is -2.11. The second kappa shape index (κ2) is 5.56. The van der Waals surface area contributed by atoms with Gasteiger partial charge in [-0.2, -0.15) is 0 Å². The van der Waals surface area contributed by atoms with Gasteiger partial charge in [0.1, 0.15) is 0 Å².